The minimum atomic E-state index is 0.211. The van der Waals surface area contributed by atoms with Crippen LogP contribution in [0.3, 0.4) is 0 Å². The van der Waals surface area contributed by atoms with Gasteiger partial charge in [-0.25, -0.2) is 0 Å². The molecule has 0 amide bonds. The minimum Gasteiger partial charge on any atom is -0.0846 e. The Labute approximate surface area is 213 Å². The van der Waals surface area contributed by atoms with E-state index in [0.29, 0.717) is 5.92 Å². The Balaban J connectivity index is 2.00. The van der Waals surface area contributed by atoms with Crippen molar-refractivity contribution in [1.82, 2.24) is 0 Å². The summed E-state index contributed by atoms with van der Waals surface area (Å²) in [5, 5.41) is 5.27. The first-order valence-electron chi connectivity index (χ1n) is 12.3. The lowest BCUT2D eigenvalue weighted by Gasteiger charge is -2.32. The summed E-state index contributed by atoms with van der Waals surface area (Å²) in [6.07, 6.45) is 3.55. The Morgan fingerprint density at radius 3 is 1.74 bits per heavy atom. The minimum absolute atomic E-state index is 0.211. The molecule has 0 N–H and O–H groups in total. The van der Waals surface area contributed by atoms with E-state index < -0.39 is 0 Å². The van der Waals surface area contributed by atoms with E-state index in [1.54, 1.807) is 5.47 Å². The number of halogens is 1. The molecular weight excluding hydrogens is 475 g/mol. The van der Waals surface area contributed by atoms with Gasteiger partial charge in [-0.2, -0.15) is 0 Å². The number of fused-ring (bicyclic) bond motifs is 2. The van der Waals surface area contributed by atoms with E-state index in [1.165, 1.54) is 64.8 Å². The molecule has 0 heterocycles. The standard InChI is InChI=1S/C32H32BBr/c1-19-15-21(3)29(22(4)16-19)33(30-23(5)17-20(2)18-24(30)6)31-25-11-7-9-13-27(25)32(34)28-14-10-8-12-26(28)31/h7-17,24H,18H2,1-6H3. The van der Waals surface area contributed by atoms with Crippen molar-refractivity contribution >= 4 is 55.1 Å². The second-order valence-electron chi connectivity index (χ2n) is 10.3. The van der Waals surface area contributed by atoms with Crippen molar-refractivity contribution in [2.24, 2.45) is 5.92 Å². The van der Waals surface area contributed by atoms with E-state index in [0.717, 1.165) is 6.42 Å². The van der Waals surface area contributed by atoms with Crippen LogP contribution >= 0.6 is 15.9 Å². The molecule has 1 atom stereocenters. The van der Waals surface area contributed by atoms with Crippen molar-refractivity contribution in [2.45, 2.75) is 48.0 Å². The van der Waals surface area contributed by atoms with Gasteiger partial charge in [0, 0.05) is 4.47 Å². The third kappa shape index (κ3) is 3.77. The van der Waals surface area contributed by atoms with E-state index >= 15 is 0 Å². The second kappa shape index (κ2) is 8.89. The van der Waals surface area contributed by atoms with Crippen molar-refractivity contribution < 1.29 is 0 Å². The highest BCUT2D eigenvalue weighted by atomic mass is 79.9. The molecule has 0 aliphatic heterocycles. The molecule has 0 aromatic heterocycles. The normalized spacial score (nSPS) is 16.3. The van der Waals surface area contributed by atoms with Crippen molar-refractivity contribution in [2.75, 3.05) is 0 Å². The first-order valence-corrected chi connectivity index (χ1v) is 13.1. The molecule has 170 valence electrons. The summed E-state index contributed by atoms with van der Waals surface area (Å²) in [7, 11) is 0. The van der Waals surface area contributed by atoms with Crippen LogP contribution in [-0.2, 0) is 0 Å². The van der Waals surface area contributed by atoms with Gasteiger partial charge in [-0.05, 0) is 84.4 Å². The Bertz CT molecular complexity index is 1420. The number of aryl methyl sites for hydroxylation is 3. The van der Waals surface area contributed by atoms with Crippen LogP contribution in [0.15, 0.2) is 87.8 Å². The third-order valence-electron chi connectivity index (χ3n) is 7.61. The lowest BCUT2D eigenvalue weighted by molar-refractivity contribution is 0.682. The Morgan fingerprint density at radius 2 is 1.24 bits per heavy atom. The van der Waals surface area contributed by atoms with Gasteiger partial charge >= 0.3 is 0 Å². The number of hydrogen-bond acceptors (Lipinski definition) is 0. The summed E-state index contributed by atoms with van der Waals surface area (Å²) in [6, 6.07) is 22.6. The van der Waals surface area contributed by atoms with E-state index in [1.807, 2.05) is 0 Å². The molecule has 2 heteroatoms. The van der Waals surface area contributed by atoms with Gasteiger partial charge in [-0.15, -0.1) is 0 Å². The predicted molar refractivity (Wildman–Crippen MR) is 155 cm³/mol. The summed E-state index contributed by atoms with van der Waals surface area (Å²) in [6.45, 7) is 14.0. The molecule has 4 aromatic carbocycles. The molecule has 0 saturated carbocycles. The van der Waals surface area contributed by atoms with E-state index in [2.05, 4.69) is 124 Å². The first-order chi connectivity index (χ1) is 16.3. The molecule has 5 rings (SSSR count). The maximum Gasteiger partial charge on any atom is 0.240 e. The zero-order valence-corrected chi connectivity index (χ0v) is 22.7. The van der Waals surface area contributed by atoms with Crippen molar-refractivity contribution in [1.29, 1.82) is 0 Å². The SMILES string of the molecule is CC1=CC(C)=C(B(c2c(C)cc(C)cc2C)c2c3ccccc3c(Br)c3ccccc23)C(C)C1. The molecule has 34 heavy (non-hydrogen) atoms. The fourth-order valence-corrected chi connectivity index (χ4v) is 7.22. The van der Waals surface area contributed by atoms with Gasteiger partial charge in [-0.3, -0.25) is 0 Å². The van der Waals surface area contributed by atoms with Gasteiger partial charge in [0.05, 0.1) is 0 Å². The topological polar surface area (TPSA) is 0 Å². The van der Waals surface area contributed by atoms with Crippen molar-refractivity contribution in [3.63, 3.8) is 0 Å². The van der Waals surface area contributed by atoms with Crippen LogP contribution < -0.4 is 10.9 Å². The van der Waals surface area contributed by atoms with Crippen LogP contribution in [0.4, 0.5) is 0 Å². The Morgan fingerprint density at radius 1 is 0.735 bits per heavy atom. The summed E-state index contributed by atoms with van der Waals surface area (Å²) >= 11 is 3.97. The van der Waals surface area contributed by atoms with E-state index in [4.69, 9.17) is 0 Å². The molecule has 0 spiro atoms. The van der Waals surface area contributed by atoms with Crippen molar-refractivity contribution in [3.05, 3.63) is 105 Å². The summed E-state index contributed by atoms with van der Waals surface area (Å²) in [5.74, 6) is 0.497. The van der Waals surface area contributed by atoms with Gasteiger partial charge < -0.3 is 0 Å². The van der Waals surface area contributed by atoms with Gasteiger partial charge in [-0.1, -0.05) is 118 Å². The zero-order chi connectivity index (χ0) is 24.1. The van der Waals surface area contributed by atoms with Crippen LogP contribution in [-0.4, -0.2) is 6.71 Å². The van der Waals surface area contributed by atoms with Crippen molar-refractivity contribution in [3.8, 4) is 0 Å². The molecule has 0 bridgehead atoms. The fraction of sp³-hybridized carbons (Fsp3) is 0.250. The highest BCUT2D eigenvalue weighted by molar-refractivity contribution is 9.10. The largest absolute Gasteiger partial charge is 0.240 e. The van der Waals surface area contributed by atoms with Gasteiger partial charge in [0.25, 0.3) is 0 Å². The number of allylic oxidation sites excluding steroid dienone is 4. The average molecular weight is 507 g/mol. The predicted octanol–water partition coefficient (Wildman–Crippen LogP) is 8.13. The molecule has 0 saturated heterocycles. The lowest BCUT2D eigenvalue weighted by Crippen LogP contribution is -2.49. The van der Waals surface area contributed by atoms with E-state index in [9.17, 15) is 0 Å². The molecule has 1 unspecified atom stereocenters. The fourth-order valence-electron chi connectivity index (χ4n) is 6.53. The summed E-state index contributed by atoms with van der Waals surface area (Å²) in [5.41, 5.74) is 11.5. The van der Waals surface area contributed by atoms with Gasteiger partial charge in [0.2, 0.25) is 6.71 Å². The highest BCUT2D eigenvalue weighted by Gasteiger charge is 2.35. The maximum atomic E-state index is 3.97. The molecule has 0 radical (unpaired) electrons. The van der Waals surface area contributed by atoms with Crippen LogP contribution in [0.2, 0.25) is 0 Å². The van der Waals surface area contributed by atoms with Gasteiger partial charge in [0.1, 0.15) is 0 Å². The molecule has 1 aliphatic rings. The summed E-state index contributed by atoms with van der Waals surface area (Å²) < 4.78 is 1.19. The van der Waals surface area contributed by atoms with Crippen LogP contribution in [0.25, 0.3) is 21.5 Å². The monoisotopic (exact) mass is 506 g/mol. The number of hydrogen-bond donors (Lipinski definition) is 0. The highest BCUT2D eigenvalue weighted by Crippen LogP contribution is 2.36. The molecular formula is C32H32BBr. The van der Waals surface area contributed by atoms with Crippen LogP contribution in [0.5, 0.6) is 0 Å². The maximum absolute atomic E-state index is 3.97. The van der Waals surface area contributed by atoms with Gasteiger partial charge in [0.15, 0.2) is 0 Å². The number of benzene rings is 4. The third-order valence-corrected chi connectivity index (χ3v) is 8.47. The molecule has 0 fully saturated rings. The van der Waals surface area contributed by atoms with E-state index in [-0.39, 0.29) is 6.71 Å². The molecule has 0 nitrogen and oxygen atoms in total. The second-order valence-corrected chi connectivity index (χ2v) is 11.1. The molecule has 1 aliphatic carbocycles. The molecule has 4 aromatic rings. The Hall–Kier alpha value is -2.58. The quantitative estimate of drug-likeness (QED) is 0.194. The zero-order valence-electron chi connectivity index (χ0n) is 21.1. The Kier molecular flexibility index (Phi) is 6.06. The summed E-state index contributed by atoms with van der Waals surface area (Å²) in [4.78, 5) is 0. The van der Waals surface area contributed by atoms with Crippen LogP contribution in [0.1, 0.15) is 43.9 Å². The average Bonchev–Trinajstić information content (AvgIpc) is 2.78. The lowest BCUT2D eigenvalue weighted by atomic mass is 9.31. The van der Waals surface area contributed by atoms with Crippen LogP contribution in [0, 0.1) is 26.7 Å². The first kappa shape index (κ1) is 23.2. The number of rotatable bonds is 3. The smallest absolute Gasteiger partial charge is 0.0846 e.